The fourth-order valence-electron chi connectivity index (χ4n) is 2.49. The second-order valence-corrected chi connectivity index (χ2v) is 6.05. The highest BCUT2D eigenvalue weighted by Crippen LogP contribution is 2.25. The molecule has 0 aliphatic carbocycles. The lowest BCUT2D eigenvalue weighted by molar-refractivity contribution is 0.101. The maximum atomic E-state index is 11.3. The third-order valence-corrected chi connectivity index (χ3v) is 4.00. The maximum absolute atomic E-state index is 11.3. The highest BCUT2D eigenvalue weighted by molar-refractivity contribution is 5.93. The summed E-state index contributed by atoms with van der Waals surface area (Å²) in [5.74, 6) is 1.53. The zero-order valence-corrected chi connectivity index (χ0v) is 15.4. The summed E-state index contributed by atoms with van der Waals surface area (Å²) in [4.78, 5) is 16.8. The first-order chi connectivity index (χ1) is 13.1. The van der Waals surface area contributed by atoms with Crippen molar-refractivity contribution in [3.05, 3.63) is 83.9 Å². The van der Waals surface area contributed by atoms with Crippen molar-refractivity contribution in [3.63, 3.8) is 0 Å². The Hall–Kier alpha value is -3.31. The van der Waals surface area contributed by atoms with Crippen LogP contribution in [0.1, 0.15) is 22.8 Å². The molecule has 3 aromatic rings. The Morgan fingerprint density at radius 1 is 0.889 bits per heavy atom. The molecule has 0 bridgehead atoms. The molecule has 5 heteroatoms. The van der Waals surface area contributed by atoms with Crippen LogP contribution in [0.4, 0.5) is 11.4 Å². The summed E-state index contributed by atoms with van der Waals surface area (Å²) in [6, 6.07) is 22.6. The van der Waals surface area contributed by atoms with E-state index in [1.807, 2.05) is 67.7 Å². The average molecular weight is 362 g/mol. The number of rotatable bonds is 8. The van der Waals surface area contributed by atoms with Crippen molar-refractivity contribution >= 4 is 17.2 Å². The number of hydrogen-bond acceptors (Lipinski definition) is 5. The molecule has 0 heterocycles. The van der Waals surface area contributed by atoms with Crippen molar-refractivity contribution in [3.8, 4) is 11.5 Å². The molecule has 27 heavy (non-hydrogen) atoms. The Balaban J connectivity index is 1.54. The normalized spacial score (nSPS) is 10.3. The van der Waals surface area contributed by atoms with Crippen LogP contribution in [0.15, 0.2) is 72.8 Å². The summed E-state index contributed by atoms with van der Waals surface area (Å²) >= 11 is 0. The first-order valence-corrected chi connectivity index (χ1v) is 8.67. The van der Waals surface area contributed by atoms with Gasteiger partial charge in [-0.25, -0.2) is 0 Å². The Bertz CT molecular complexity index is 890. The van der Waals surface area contributed by atoms with E-state index in [0.29, 0.717) is 17.9 Å². The topological polar surface area (TPSA) is 59.6 Å². The molecule has 138 valence electrons. The van der Waals surface area contributed by atoms with Crippen LogP contribution in [0.25, 0.3) is 0 Å². The fourth-order valence-corrected chi connectivity index (χ4v) is 2.49. The predicted molar refractivity (Wildman–Crippen MR) is 107 cm³/mol. The molecular weight excluding hydrogens is 340 g/mol. The minimum absolute atomic E-state index is 0.0537. The van der Waals surface area contributed by atoms with Gasteiger partial charge in [0.05, 0.1) is 12.3 Å². The van der Waals surface area contributed by atoms with Crippen LogP contribution in [0.5, 0.6) is 11.5 Å². The van der Waals surface area contributed by atoms with E-state index in [1.165, 1.54) is 0 Å². The minimum atomic E-state index is 0.0537. The Morgan fingerprint density at radius 2 is 1.63 bits per heavy atom. The van der Waals surface area contributed by atoms with Gasteiger partial charge in [-0.15, -0.1) is 0 Å². The summed E-state index contributed by atoms with van der Waals surface area (Å²) in [6.07, 6.45) is 0. The molecule has 0 spiro atoms. The van der Waals surface area contributed by atoms with Crippen LogP contribution < -0.4 is 15.5 Å². The number of carbonyl (C=O) groups is 1. The summed E-state index contributed by atoms with van der Waals surface area (Å²) in [6.45, 7) is 1.94. The number of ketones is 1. The van der Waals surface area contributed by atoms with Gasteiger partial charge < -0.3 is 10.1 Å². The first kappa shape index (κ1) is 18.5. The number of anilines is 2. The molecule has 0 fully saturated rings. The highest BCUT2D eigenvalue weighted by Gasteiger charge is 2.02. The summed E-state index contributed by atoms with van der Waals surface area (Å²) in [5, 5.41) is 3.07. The van der Waals surface area contributed by atoms with Crippen molar-refractivity contribution in [2.24, 2.45) is 0 Å². The lowest BCUT2D eigenvalue weighted by Gasteiger charge is -2.10. The van der Waals surface area contributed by atoms with E-state index in [1.54, 1.807) is 19.1 Å². The van der Waals surface area contributed by atoms with Gasteiger partial charge in [-0.2, -0.15) is 0 Å². The van der Waals surface area contributed by atoms with Crippen molar-refractivity contribution in [2.45, 2.75) is 13.5 Å². The van der Waals surface area contributed by atoms with Crippen LogP contribution in [-0.2, 0) is 11.4 Å². The van der Waals surface area contributed by atoms with Crippen LogP contribution in [0.3, 0.4) is 0 Å². The van der Waals surface area contributed by atoms with Gasteiger partial charge in [0, 0.05) is 24.4 Å². The molecule has 0 saturated heterocycles. The number of carbonyl (C=O) groups excluding carboxylic acids is 1. The zero-order valence-electron chi connectivity index (χ0n) is 15.4. The van der Waals surface area contributed by atoms with Gasteiger partial charge in [0.2, 0.25) is 0 Å². The second kappa shape index (κ2) is 8.87. The fraction of sp³-hybridized carbons (Fsp3) is 0.136. The molecular formula is C22H22N2O3. The number of nitrogens with one attached hydrogen (secondary N) is 2. The van der Waals surface area contributed by atoms with Gasteiger partial charge in [-0.3, -0.25) is 15.1 Å². The molecule has 0 atom stereocenters. The number of hydrogen-bond donors (Lipinski definition) is 2. The molecule has 0 unspecified atom stereocenters. The third kappa shape index (κ3) is 5.33. The largest absolute Gasteiger partial charge is 0.457 e. The smallest absolute Gasteiger partial charge is 0.159 e. The molecule has 5 nitrogen and oxygen atoms in total. The monoisotopic (exact) mass is 362 g/mol. The van der Waals surface area contributed by atoms with Gasteiger partial charge in [-0.05, 0) is 48.9 Å². The summed E-state index contributed by atoms with van der Waals surface area (Å²) in [5.41, 5.74) is 6.41. The Morgan fingerprint density at radius 3 is 2.30 bits per heavy atom. The quantitative estimate of drug-likeness (QED) is 0.422. The van der Waals surface area contributed by atoms with E-state index < -0.39 is 0 Å². The van der Waals surface area contributed by atoms with Crippen molar-refractivity contribution in [1.29, 1.82) is 0 Å². The van der Waals surface area contributed by atoms with E-state index in [9.17, 15) is 4.79 Å². The van der Waals surface area contributed by atoms with Crippen LogP contribution in [-0.4, -0.2) is 12.8 Å². The van der Waals surface area contributed by atoms with Crippen molar-refractivity contribution in [2.75, 3.05) is 17.8 Å². The molecule has 0 aliphatic heterocycles. The van der Waals surface area contributed by atoms with Crippen LogP contribution in [0.2, 0.25) is 0 Å². The highest BCUT2D eigenvalue weighted by atomic mass is 16.6. The van der Waals surface area contributed by atoms with E-state index in [4.69, 9.17) is 9.57 Å². The Labute approximate surface area is 158 Å². The molecule has 0 saturated carbocycles. The van der Waals surface area contributed by atoms with Crippen molar-refractivity contribution < 1.29 is 14.4 Å². The second-order valence-electron chi connectivity index (χ2n) is 6.05. The molecule has 0 aliphatic rings. The minimum Gasteiger partial charge on any atom is -0.457 e. The lowest BCUT2D eigenvalue weighted by atomic mass is 10.1. The molecule has 3 aromatic carbocycles. The number of ether oxygens (including phenoxy) is 1. The molecule has 0 amide bonds. The van der Waals surface area contributed by atoms with Gasteiger partial charge in [0.1, 0.15) is 11.5 Å². The van der Waals surface area contributed by atoms with Gasteiger partial charge in [0.25, 0.3) is 0 Å². The summed E-state index contributed by atoms with van der Waals surface area (Å²) in [7, 11) is 1.88. The van der Waals surface area contributed by atoms with E-state index in [0.717, 1.165) is 22.7 Å². The standard InChI is InChI=1S/C22H22N2O3/c1-16(25)18-8-6-17(7-9-18)15-26-24-20-4-3-5-22(14-20)27-21-12-10-19(23-2)11-13-21/h3-14,23-24H,15H2,1-2H3. The van der Waals surface area contributed by atoms with Crippen LogP contribution in [0, 0.1) is 0 Å². The number of benzene rings is 3. The average Bonchev–Trinajstić information content (AvgIpc) is 2.69. The first-order valence-electron chi connectivity index (χ1n) is 8.67. The molecule has 0 aromatic heterocycles. The van der Waals surface area contributed by atoms with Gasteiger partial charge in [0.15, 0.2) is 5.78 Å². The molecule has 0 radical (unpaired) electrons. The Kier molecular flexibility index (Phi) is 6.07. The lowest BCUT2D eigenvalue weighted by Crippen LogP contribution is -2.02. The summed E-state index contributed by atoms with van der Waals surface area (Å²) < 4.78 is 5.86. The third-order valence-electron chi connectivity index (χ3n) is 4.00. The zero-order chi connectivity index (χ0) is 19.1. The molecule has 2 N–H and O–H groups in total. The number of Topliss-reactive ketones (excluding diaryl/α,β-unsaturated/α-hetero) is 1. The van der Waals surface area contributed by atoms with Crippen LogP contribution >= 0.6 is 0 Å². The van der Waals surface area contributed by atoms with E-state index >= 15 is 0 Å². The van der Waals surface area contributed by atoms with Gasteiger partial charge >= 0.3 is 0 Å². The SMILES string of the molecule is CNc1ccc(Oc2cccc(NOCc3ccc(C(C)=O)cc3)c2)cc1. The van der Waals surface area contributed by atoms with E-state index in [2.05, 4.69) is 10.8 Å². The molecule has 3 rings (SSSR count). The maximum Gasteiger partial charge on any atom is 0.159 e. The predicted octanol–water partition coefficient (Wildman–Crippen LogP) is 5.27. The van der Waals surface area contributed by atoms with Gasteiger partial charge in [-0.1, -0.05) is 30.3 Å². The van der Waals surface area contributed by atoms with Crippen molar-refractivity contribution in [1.82, 2.24) is 0 Å². The van der Waals surface area contributed by atoms with E-state index in [-0.39, 0.29) is 5.78 Å².